The number of carbonyl (C=O) groups excluding carboxylic acids is 1. The lowest BCUT2D eigenvalue weighted by Crippen LogP contribution is -2.50. The van der Waals surface area contributed by atoms with Gasteiger partial charge in [-0.15, -0.1) is 0 Å². The molecule has 0 bridgehead atoms. The van der Waals surface area contributed by atoms with E-state index >= 15 is 0 Å². The molecule has 7 nitrogen and oxygen atoms in total. The number of hydrogen-bond acceptors (Lipinski definition) is 3. The second kappa shape index (κ2) is 5.94. The molecule has 112 valence electrons. The van der Waals surface area contributed by atoms with Crippen LogP contribution in [0, 0.1) is 5.41 Å². The third-order valence-electron chi connectivity index (χ3n) is 2.88. The molecule has 0 unspecified atom stereocenters. The maximum absolute atomic E-state index is 11.9. The van der Waals surface area contributed by atoms with Gasteiger partial charge in [-0.2, -0.15) is 5.10 Å². The Kier molecular flexibility index (Phi) is 4.75. The summed E-state index contributed by atoms with van der Waals surface area (Å²) < 4.78 is 1.60. The summed E-state index contributed by atoms with van der Waals surface area (Å²) in [5.41, 5.74) is 0.766. The summed E-state index contributed by atoms with van der Waals surface area (Å²) in [6, 6.07) is -1.51. The number of nitrogens with zero attached hydrogens (tertiary/aromatic N) is 2. The van der Waals surface area contributed by atoms with Gasteiger partial charge in [-0.05, 0) is 11.8 Å². The van der Waals surface area contributed by atoms with E-state index in [2.05, 4.69) is 15.7 Å². The summed E-state index contributed by atoms with van der Waals surface area (Å²) in [4.78, 5) is 23.1. The van der Waals surface area contributed by atoms with Crippen LogP contribution in [0.5, 0.6) is 0 Å². The number of urea groups is 1. The molecule has 0 fully saturated rings. The molecule has 1 aromatic rings. The number of nitrogens with one attached hydrogen (secondary N) is 2. The predicted octanol–water partition coefficient (Wildman–Crippen LogP) is 1.60. The second-order valence-corrected chi connectivity index (χ2v) is 5.75. The molecule has 20 heavy (non-hydrogen) atoms. The SMILES string of the molecule is CCc1nn(C)cc1NC(=O)N[C@@H](C(=O)O)C(C)(C)C. The zero-order valence-corrected chi connectivity index (χ0v) is 12.5. The molecule has 0 saturated carbocycles. The minimum Gasteiger partial charge on any atom is -0.480 e. The molecule has 0 aliphatic heterocycles. The third-order valence-corrected chi connectivity index (χ3v) is 2.88. The number of amides is 2. The molecule has 0 radical (unpaired) electrons. The highest BCUT2D eigenvalue weighted by molar-refractivity contribution is 5.92. The number of anilines is 1. The van der Waals surface area contributed by atoms with Gasteiger partial charge in [0.1, 0.15) is 6.04 Å². The highest BCUT2D eigenvalue weighted by atomic mass is 16.4. The molecule has 3 N–H and O–H groups in total. The zero-order chi connectivity index (χ0) is 15.5. The number of rotatable bonds is 4. The summed E-state index contributed by atoms with van der Waals surface area (Å²) in [5, 5.41) is 18.5. The van der Waals surface area contributed by atoms with Gasteiger partial charge in [0.15, 0.2) is 0 Å². The average Bonchev–Trinajstić information content (AvgIpc) is 2.64. The van der Waals surface area contributed by atoms with Gasteiger partial charge in [-0.3, -0.25) is 4.68 Å². The molecule has 2 amide bonds. The first-order valence-corrected chi connectivity index (χ1v) is 6.48. The lowest BCUT2D eigenvalue weighted by Gasteiger charge is -2.27. The van der Waals surface area contributed by atoms with Crippen LogP contribution in [0.15, 0.2) is 6.20 Å². The van der Waals surface area contributed by atoms with Crippen LogP contribution < -0.4 is 10.6 Å². The van der Waals surface area contributed by atoms with Gasteiger partial charge >= 0.3 is 12.0 Å². The Bertz CT molecular complexity index is 502. The zero-order valence-electron chi connectivity index (χ0n) is 12.5. The molecule has 7 heteroatoms. The standard InChI is InChI=1S/C13H22N4O3/c1-6-8-9(7-17(5)16-8)14-12(20)15-10(11(18)19)13(2,3)4/h7,10H,6H2,1-5H3,(H,18,19)(H2,14,15,20)/t10-/m0/s1. The Morgan fingerprint density at radius 1 is 1.45 bits per heavy atom. The Labute approximate surface area is 118 Å². The third kappa shape index (κ3) is 3.97. The van der Waals surface area contributed by atoms with E-state index < -0.39 is 23.5 Å². The van der Waals surface area contributed by atoms with Gasteiger partial charge < -0.3 is 15.7 Å². The highest BCUT2D eigenvalue weighted by Crippen LogP contribution is 2.20. The van der Waals surface area contributed by atoms with E-state index in [9.17, 15) is 9.59 Å². The summed E-state index contributed by atoms with van der Waals surface area (Å²) in [6.07, 6.45) is 2.36. The van der Waals surface area contributed by atoms with Crippen LogP contribution in [0.3, 0.4) is 0 Å². The molecule has 0 aliphatic carbocycles. The normalized spacial score (nSPS) is 12.8. The van der Waals surface area contributed by atoms with Crippen molar-refractivity contribution in [3.63, 3.8) is 0 Å². The number of aliphatic carboxylic acids is 1. The number of hydrogen-bond donors (Lipinski definition) is 3. The van der Waals surface area contributed by atoms with E-state index in [1.807, 2.05) is 6.92 Å². The van der Waals surface area contributed by atoms with Crippen LogP contribution in [0.2, 0.25) is 0 Å². The molecule has 1 atom stereocenters. The lowest BCUT2D eigenvalue weighted by molar-refractivity contribution is -0.141. The number of carboxylic acids is 1. The monoisotopic (exact) mass is 282 g/mol. The van der Waals surface area contributed by atoms with Crippen LogP contribution >= 0.6 is 0 Å². The van der Waals surface area contributed by atoms with Crippen molar-refractivity contribution < 1.29 is 14.7 Å². The second-order valence-electron chi connectivity index (χ2n) is 5.75. The molecule has 0 saturated heterocycles. The van der Waals surface area contributed by atoms with Crippen LogP contribution in [0.4, 0.5) is 10.5 Å². The van der Waals surface area contributed by atoms with Crippen molar-refractivity contribution >= 4 is 17.7 Å². The van der Waals surface area contributed by atoms with Gasteiger partial charge in [0.2, 0.25) is 0 Å². The molecule has 1 rings (SSSR count). The lowest BCUT2D eigenvalue weighted by atomic mass is 9.87. The Balaban J connectivity index is 2.78. The smallest absolute Gasteiger partial charge is 0.326 e. The van der Waals surface area contributed by atoms with Crippen molar-refractivity contribution in [2.75, 3.05) is 5.32 Å². The topological polar surface area (TPSA) is 96.3 Å². The molecule has 1 aromatic heterocycles. The first-order chi connectivity index (χ1) is 9.15. The number of aryl methyl sites for hydroxylation is 2. The van der Waals surface area contributed by atoms with Gasteiger partial charge in [-0.1, -0.05) is 27.7 Å². The van der Waals surface area contributed by atoms with E-state index in [0.29, 0.717) is 12.1 Å². The number of carbonyl (C=O) groups is 2. The highest BCUT2D eigenvalue weighted by Gasteiger charge is 2.32. The number of carboxylic acid groups (broad SMARTS) is 1. The molecular weight excluding hydrogens is 260 g/mol. The quantitative estimate of drug-likeness (QED) is 0.781. The van der Waals surface area contributed by atoms with E-state index in [4.69, 9.17) is 5.11 Å². The molecule has 0 spiro atoms. The van der Waals surface area contributed by atoms with Crippen LogP contribution in [-0.4, -0.2) is 32.9 Å². The van der Waals surface area contributed by atoms with Gasteiger partial charge in [-0.25, -0.2) is 9.59 Å². The molecule has 1 heterocycles. The minimum absolute atomic E-state index is 0.546. The summed E-state index contributed by atoms with van der Waals surface area (Å²) in [5.74, 6) is -1.06. The van der Waals surface area contributed by atoms with Crippen molar-refractivity contribution in [2.24, 2.45) is 12.5 Å². The average molecular weight is 282 g/mol. The molecule has 0 aliphatic rings. The van der Waals surface area contributed by atoms with Crippen LogP contribution in [0.1, 0.15) is 33.4 Å². The van der Waals surface area contributed by atoms with Crippen molar-refractivity contribution in [1.29, 1.82) is 0 Å². The maximum atomic E-state index is 11.9. The molecule has 0 aromatic carbocycles. The summed E-state index contributed by atoms with van der Waals surface area (Å²) in [7, 11) is 1.76. The Hall–Kier alpha value is -2.05. The summed E-state index contributed by atoms with van der Waals surface area (Å²) >= 11 is 0. The first-order valence-electron chi connectivity index (χ1n) is 6.48. The van der Waals surface area contributed by atoms with Crippen molar-refractivity contribution in [1.82, 2.24) is 15.1 Å². The van der Waals surface area contributed by atoms with E-state index in [-0.39, 0.29) is 0 Å². The van der Waals surface area contributed by atoms with E-state index in [0.717, 1.165) is 5.69 Å². The number of aromatic nitrogens is 2. The van der Waals surface area contributed by atoms with Crippen molar-refractivity contribution in [2.45, 2.75) is 40.2 Å². The van der Waals surface area contributed by atoms with Crippen molar-refractivity contribution in [3.05, 3.63) is 11.9 Å². The van der Waals surface area contributed by atoms with Gasteiger partial charge in [0.05, 0.1) is 11.4 Å². The first kappa shape index (κ1) is 16.0. The fourth-order valence-corrected chi connectivity index (χ4v) is 1.84. The fourth-order valence-electron chi connectivity index (χ4n) is 1.84. The van der Waals surface area contributed by atoms with E-state index in [1.165, 1.54) is 0 Å². The Morgan fingerprint density at radius 2 is 2.05 bits per heavy atom. The van der Waals surface area contributed by atoms with E-state index in [1.54, 1.807) is 38.7 Å². The largest absolute Gasteiger partial charge is 0.480 e. The maximum Gasteiger partial charge on any atom is 0.326 e. The molecular formula is C13H22N4O3. The van der Waals surface area contributed by atoms with Gasteiger partial charge in [0, 0.05) is 13.2 Å². The van der Waals surface area contributed by atoms with Crippen LogP contribution in [0.25, 0.3) is 0 Å². The summed E-state index contributed by atoms with van der Waals surface area (Å²) in [6.45, 7) is 7.20. The minimum atomic E-state index is -1.06. The van der Waals surface area contributed by atoms with Crippen LogP contribution in [-0.2, 0) is 18.3 Å². The van der Waals surface area contributed by atoms with Crippen molar-refractivity contribution in [3.8, 4) is 0 Å². The predicted molar refractivity (Wildman–Crippen MR) is 75.6 cm³/mol. The van der Waals surface area contributed by atoms with Gasteiger partial charge in [0.25, 0.3) is 0 Å². The Morgan fingerprint density at radius 3 is 2.50 bits per heavy atom. The fraction of sp³-hybridized carbons (Fsp3) is 0.615.